The summed E-state index contributed by atoms with van der Waals surface area (Å²) in [7, 11) is -3.25. The molecule has 3 aromatic carbocycles. The predicted molar refractivity (Wildman–Crippen MR) is 146 cm³/mol. The SMILES string of the molecule is Cc1cc(Nc2nc3cccc(-c4ccc(S(C)(=O)=O)cc4)c3o2)ccc1N1CCN(C(C)C)CC1. The molecule has 4 aromatic rings. The molecule has 5 rings (SSSR count). The smallest absolute Gasteiger partial charge is 0.300 e. The van der Waals surface area contributed by atoms with E-state index >= 15 is 0 Å². The molecule has 36 heavy (non-hydrogen) atoms. The lowest BCUT2D eigenvalue weighted by Gasteiger charge is -2.38. The normalized spacial score (nSPS) is 15.1. The number of rotatable bonds is 6. The Labute approximate surface area is 212 Å². The Bertz CT molecular complexity index is 1490. The first-order chi connectivity index (χ1) is 17.2. The Morgan fingerprint density at radius 1 is 0.972 bits per heavy atom. The van der Waals surface area contributed by atoms with Gasteiger partial charge in [0.05, 0.1) is 4.90 Å². The third kappa shape index (κ3) is 4.96. The average molecular weight is 505 g/mol. The van der Waals surface area contributed by atoms with Crippen LogP contribution in [0.5, 0.6) is 0 Å². The average Bonchev–Trinajstić information content (AvgIpc) is 3.26. The number of nitrogens with one attached hydrogen (secondary N) is 1. The maximum Gasteiger partial charge on any atom is 0.300 e. The van der Waals surface area contributed by atoms with Gasteiger partial charge in [0, 0.05) is 55.4 Å². The second-order valence-corrected chi connectivity index (χ2v) is 11.7. The molecule has 0 unspecified atom stereocenters. The lowest BCUT2D eigenvalue weighted by Crippen LogP contribution is -2.49. The Morgan fingerprint density at radius 2 is 1.69 bits per heavy atom. The summed E-state index contributed by atoms with van der Waals surface area (Å²) in [5.41, 5.74) is 6.51. The largest absolute Gasteiger partial charge is 0.423 e. The van der Waals surface area contributed by atoms with E-state index in [1.54, 1.807) is 24.3 Å². The van der Waals surface area contributed by atoms with Gasteiger partial charge in [0.15, 0.2) is 15.4 Å². The van der Waals surface area contributed by atoms with Crippen molar-refractivity contribution in [1.29, 1.82) is 0 Å². The van der Waals surface area contributed by atoms with Crippen LogP contribution < -0.4 is 10.2 Å². The van der Waals surface area contributed by atoms with Crippen molar-refractivity contribution in [3.8, 4) is 11.1 Å². The number of anilines is 3. The standard InChI is InChI=1S/C28H32N4O3S/c1-19(2)31-14-16-32(17-15-31)26-13-10-22(18-20(26)3)29-28-30-25-7-5-6-24(27(25)35-28)21-8-11-23(12-9-21)36(4,33)34/h5-13,18-19H,14-17H2,1-4H3,(H,29,30). The molecular formula is C28H32N4O3S. The summed E-state index contributed by atoms with van der Waals surface area (Å²) >= 11 is 0. The van der Waals surface area contributed by atoms with Crippen molar-refractivity contribution >= 4 is 38.3 Å². The van der Waals surface area contributed by atoms with E-state index in [0.717, 1.165) is 48.5 Å². The molecule has 8 heteroatoms. The maximum atomic E-state index is 11.8. The fraction of sp³-hybridized carbons (Fsp3) is 0.321. The molecule has 2 heterocycles. The monoisotopic (exact) mass is 504 g/mol. The molecule has 0 atom stereocenters. The molecule has 1 saturated heterocycles. The van der Waals surface area contributed by atoms with E-state index in [0.29, 0.717) is 22.5 Å². The summed E-state index contributed by atoms with van der Waals surface area (Å²) in [6.07, 6.45) is 1.21. The van der Waals surface area contributed by atoms with Crippen molar-refractivity contribution in [2.45, 2.75) is 31.7 Å². The quantitative estimate of drug-likeness (QED) is 0.372. The van der Waals surface area contributed by atoms with Crippen LogP contribution in [-0.2, 0) is 9.84 Å². The van der Waals surface area contributed by atoms with Gasteiger partial charge in [0.25, 0.3) is 6.01 Å². The van der Waals surface area contributed by atoms with E-state index in [4.69, 9.17) is 4.42 Å². The molecule has 1 aliphatic heterocycles. The topological polar surface area (TPSA) is 78.7 Å². The Hall–Kier alpha value is -3.36. The molecule has 0 radical (unpaired) electrons. The molecule has 7 nitrogen and oxygen atoms in total. The minimum absolute atomic E-state index is 0.291. The molecule has 0 amide bonds. The van der Waals surface area contributed by atoms with Crippen molar-refractivity contribution in [2.24, 2.45) is 0 Å². The second kappa shape index (κ2) is 9.59. The van der Waals surface area contributed by atoms with Crippen molar-refractivity contribution in [1.82, 2.24) is 9.88 Å². The molecule has 0 spiro atoms. The van der Waals surface area contributed by atoms with Crippen LogP contribution in [0.4, 0.5) is 17.4 Å². The Morgan fingerprint density at radius 3 is 2.33 bits per heavy atom. The Balaban J connectivity index is 1.36. The van der Waals surface area contributed by atoms with Gasteiger partial charge in [-0.3, -0.25) is 4.90 Å². The van der Waals surface area contributed by atoms with Gasteiger partial charge in [0.2, 0.25) is 0 Å². The minimum atomic E-state index is -3.25. The highest BCUT2D eigenvalue weighted by Crippen LogP contribution is 2.33. The molecule has 188 valence electrons. The molecule has 0 saturated carbocycles. The second-order valence-electron chi connectivity index (χ2n) is 9.71. The van der Waals surface area contributed by atoms with E-state index in [1.807, 2.05) is 18.2 Å². The summed E-state index contributed by atoms with van der Waals surface area (Å²) in [6, 6.07) is 20.0. The summed E-state index contributed by atoms with van der Waals surface area (Å²) in [4.78, 5) is 9.89. The third-order valence-corrected chi connectivity index (χ3v) is 7.97. The van der Waals surface area contributed by atoms with Crippen molar-refractivity contribution in [3.05, 3.63) is 66.2 Å². The number of aromatic nitrogens is 1. The maximum absolute atomic E-state index is 11.8. The number of benzene rings is 3. The zero-order valence-electron chi connectivity index (χ0n) is 21.2. The molecule has 1 N–H and O–H groups in total. The van der Waals surface area contributed by atoms with Crippen LogP contribution in [0.1, 0.15) is 19.4 Å². The van der Waals surface area contributed by atoms with Crippen LogP contribution in [0.2, 0.25) is 0 Å². The third-order valence-electron chi connectivity index (χ3n) is 6.84. The van der Waals surface area contributed by atoms with E-state index in [-0.39, 0.29) is 0 Å². The molecule has 0 aliphatic carbocycles. The van der Waals surface area contributed by atoms with Crippen LogP contribution in [0, 0.1) is 6.92 Å². The van der Waals surface area contributed by atoms with Gasteiger partial charge in [-0.1, -0.05) is 24.3 Å². The van der Waals surface area contributed by atoms with Gasteiger partial charge in [-0.2, -0.15) is 4.98 Å². The molecule has 1 fully saturated rings. The first kappa shape index (κ1) is 24.3. The number of oxazole rings is 1. The van der Waals surface area contributed by atoms with Crippen LogP contribution >= 0.6 is 0 Å². The number of hydrogen-bond donors (Lipinski definition) is 1. The van der Waals surface area contributed by atoms with Crippen molar-refractivity contribution in [3.63, 3.8) is 0 Å². The van der Waals surface area contributed by atoms with E-state index in [1.165, 1.54) is 17.5 Å². The van der Waals surface area contributed by atoms with Crippen LogP contribution in [0.3, 0.4) is 0 Å². The highest BCUT2D eigenvalue weighted by atomic mass is 32.2. The number of aryl methyl sites for hydroxylation is 1. The molecule has 1 aliphatic rings. The molecule has 0 bridgehead atoms. The first-order valence-electron chi connectivity index (χ1n) is 12.3. The van der Waals surface area contributed by atoms with Crippen molar-refractivity contribution in [2.75, 3.05) is 42.7 Å². The zero-order chi connectivity index (χ0) is 25.4. The number of fused-ring (bicyclic) bond motifs is 1. The number of nitrogens with zero attached hydrogens (tertiary/aromatic N) is 3. The van der Waals surface area contributed by atoms with Gasteiger partial charge in [0.1, 0.15) is 5.52 Å². The van der Waals surface area contributed by atoms with Gasteiger partial charge in [-0.05, 0) is 68.3 Å². The fourth-order valence-corrected chi connectivity index (χ4v) is 5.43. The van der Waals surface area contributed by atoms with Gasteiger partial charge in [-0.15, -0.1) is 0 Å². The van der Waals surface area contributed by atoms with Gasteiger partial charge in [-0.25, -0.2) is 8.42 Å². The highest BCUT2D eigenvalue weighted by molar-refractivity contribution is 7.90. The number of para-hydroxylation sites is 1. The fourth-order valence-electron chi connectivity index (χ4n) is 4.80. The summed E-state index contributed by atoms with van der Waals surface area (Å²) in [6.45, 7) is 10.9. The van der Waals surface area contributed by atoms with Crippen molar-refractivity contribution < 1.29 is 12.8 Å². The predicted octanol–water partition coefficient (Wildman–Crippen LogP) is 5.48. The van der Waals surface area contributed by atoms with Crippen LogP contribution in [0.15, 0.2) is 70.0 Å². The lowest BCUT2D eigenvalue weighted by atomic mass is 10.1. The van der Waals surface area contributed by atoms with Gasteiger partial charge < -0.3 is 14.6 Å². The molecular weight excluding hydrogens is 472 g/mol. The van der Waals surface area contributed by atoms with E-state index < -0.39 is 9.84 Å². The summed E-state index contributed by atoms with van der Waals surface area (Å²) < 4.78 is 29.7. The Kier molecular flexibility index (Phi) is 6.49. The van der Waals surface area contributed by atoms with E-state index in [9.17, 15) is 8.42 Å². The van der Waals surface area contributed by atoms with Crippen LogP contribution in [0.25, 0.3) is 22.2 Å². The summed E-state index contributed by atoms with van der Waals surface area (Å²) in [5.74, 6) is 0. The first-order valence-corrected chi connectivity index (χ1v) is 14.1. The lowest BCUT2D eigenvalue weighted by molar-refractivity contribution is 0.209. The van der Waals surface area contributed by atoms with E-state index in [2.05, 4.69) is 59.1 Å². The minimum Gasteiger partial charge on any atom is -0.423 e. The highest BCUT2D eigenvalue weighted by Gasteiger charge is 2.20. The van der Waals surface area contributed by atoms with Gasteiger partial charge >= 0.3 is 0 Å². The molecule has 1 aromatic heterocycles. The zero-order valence-corrected chi connectivity index (χ0v) is 22.0. The summed E-state index contributed by atoms with van der Waals surface area (Å²) in [5, 5.41) is 3.31. The number of sulfone groups is 1. The number of hydrogen-bond acceptors (Lipinski definition) is 7. The number of piperazine rings is 1. The van der Waals surface area contributed by atoms with Crippen LogP contribution in [-0.4, -0.2) is 56.8 Å².